The molecule has 122 valence electrons. The van der Waals surface area contributed by atoms with Crippen LogP contribution in [0.1, 0.15) is 33.1 Å². The minimum atomic E-state index is -0.626. The molecule has 0 spiro atoms. The third kappa shape index (κ3) is 2.91. The maximum atomic E-state index is 12.5. The molecule has 7 nitrogen and oxygen atoms in total. The van der Waals surface area contributed by atoms with Gasteiger partial charge in [-0.2, -0.15) is 0 Å². The molecule has 23 heavy (non-hydrogen) atoms. The quantitative estimate of drug-likeness (QED) is 0.628. The summed E-state index contributed by atoms with van der Waals surface area (Å²) < 4.78 is 1.23. The van der Waals surface area contributed by atoms with Crippen LogP contribution >= 0.6 is 0 Å². The maximum Gasteiger partial charge on any atom is 0.376 e. The first kappa shape index (κ1) is 15.5. The fraction of sp³-hybridized carbons (Fsp3) is 0.500. The van der Waals surface area contributed by atoms with Crippen molar-refractivity contribution in [2.45, 2.75) is 33.1 Å². The zero-order valence-corrected chi connectivity index (χ0v) is 13.4. The second kappa shape index (κ2) is 5.64. The van der Waals surface area contributed by atoms with E-state index in [4.69, 9.17) is 0 Å². The van der Waals surface area contributed by atoms with Crippen LogP contribution < -0.4 is 10.5 Å². The number of fused-ring (bicyclic) bond motifs is 1. The maximum absolute atomic E-state index is 12.5. The Morgan fingerprint density at radius 1 is 1.26 bits per heavy atom. The van der Waals surface area contributed by atoms with Crippen LogP contribution in [0.25, 0.3) is 5.65 Å². The predicted octanol–water partition coefficient (Wildman–Crippen LogP) is 2.62. The lowest BCUT2D eigenvalue weighted by Gasteiger charge is -2.23. The summed E-state index contributed by atoms with van der Waals surface area (Å²) in [5.41, 5.74) is -0.427. The van der Waals surface area contributed by atoms with Crippen molar-refractivity contribution in [2.24, 2.45) is 5.41 Å². The van der Waals surface area contributed by atoms with Crippen molar-refractivity contribution < 1.29 is 4.92 Å². The molecular formula is C16H20N4O3. The smallest absolute Gasteiger partial charge is 0.351 e. The minimum Gasteiger partial charge on any atom is -0.351 e. The molecule has 1 aliphatic heterocycles. The van der Waals surface area contributed by atoms with E-state index in [2.05, 4.69) is 18.8 Å². The molecule has 0 aromatic carbocycles. The van der Waals surface area contributed by atoms with Gasteiger partial charge in [-0.3, -0.25) is 19.3 Å². The molecule has 0 amide bonds. The minimum absolute atomic E-state index is 0.198. The second-order valence-corrected chi connectivity index (χ2v) is 6.78. The molecule has 0 N–H and O–H groups in total. The van der Waals surface area contributed by atoms with E-state index < -0.39 is 16.2 Å². The van der Waals surface area contributed by atoms with E-state index in [-0.39, 0.29) is 11.2 Å². The molecule has 1 saturated heterocycles. The lowest BCUT2D eigenvalue weighted by molar-refractivity contribution is -0.385. The first-order valence-electron chi connectivity index (χ1n) is 7.80. The Kier molecular flexibility index (Phi) is 3.79. The van der Waals surface area contributed by atoms with Gasteiger partial charge in [0.1, 0.15) is 5.65 Å². The van der Waals surface area contributed by atoms with Crippen molar-refractivity contribution in [3.8, 4) is 0 Å². The van der Waals surface area contributed by atoms with Gasteiger partial charge in [-0.05, 0) is 36.8 Å². The topological polar surface area (TPSA) is 80.8 Å². The van der Waals surface area contributed by atoms with Crippen LogP contribution in [0, 0.1) is 15.5 Å². The molecule has 2 aromatic heterocycles. The zero-order valence-electron chi connectivity index (χ0n) is 13.4. The summed E-state index contributed by atoms with van der Waals surface area (Å²) in [6.07, 6.45) is 4.41. The molecule has 7 heteroatoms. The zero-order chi connectivity index (χ0) is 16.6. The van der Waals surface area contributed by atoms with Gasteiger partial charge >= 0.3 is 11.2 Å². The van der Waals surface area contributed by atoms with Crippen molar-refractivity contribution >= 4 is 17.2 Å². The van der Waals surface area contributed by atoms with Gasteiger partial charge in [0.05, 0.1) is 4.92 Å². The Bertz CT molecular complexity index is 813. The number of anilines is 1. The molecule has 0 atom stereocenters. The molecule has 1 aliphatic rings. The van der Waals surface area contributed by atoms with Gasteiger partial charge < -0.3 is 4.90 Å². The lowest BCUT2D eigenvalue weighted by atomic mass is 9.85. The van der Waals surface area contributed by atoms with E-state index in [0.29, 0.717) is 18.7 Å². The highest BCUT2D eigenvalue weighted by Gasteiger charge is 2.30. The SMILES string of the molecule is CC1(C)CCCN(c2nc3ccccn3c(=O)c2[N+](=O)[O-])CC1. The van der Waals surface area contributed by atoms with E-state index in [0.717, 1.165) is 19.3 Å². The second-order valence-electron chi connectivity index (χ2n) is 6.78. The van der Waals surface area contributed by atoms with Crippen LogP contribution in [0.15, 0.2) is 29.2 Å². The summed E-state index contributed by atoms with van der Waals surface area (Å²) in [4.78, 5) is 29.7. The number of rotatable bonds is 2. The van der Waals surface area contributed by atoms with Gasteiger partial charge in [0.15, 0.2) is 0 Å². The molecule has 1 fully saturated rings. The Labute approximate surface area is 133 Å². The average molecular weight is 316 g/mol. The number of hydrogen-bond acceptors (Lipinski definition) is 5. The fourth-order valence-corrected chi connectivity index (χ4v) is 3.08. The van der Waals surface area contributed by atoms with E-state index in [9.17, 15) is 14.9 Å². The molecule has 2 aromatic rings. The van der Waals surface area contributed by atoms with Gasteiger partial charge in [-0.15, -0.1) is 0 Å². The summed E-state index contributed by atoms with van der Waals surface area (Å²) in [5.74, 6) is 0.198. The molecular weight excluding hydrogens is 296 g/mol. The monoisotopic (exact) mass is 316 g/mol. The van der Waals surface area contributed by atoms with E-state index in [1.165, 1.54) is 10.6 Å². The first-order chi connectivity index (χ1) is 10.9. The van der Waals surface area contributed by atoms with Crippen molar-refractivity contribution in [3.05, 3.63) is 44.9 Å². The summed E-state index contributed by atoms with van der Waals surface area (Å²) >= 11 is 0. The summed E-state index contributed by atoms with van der Waals surface area (Å²) in [5, 5.41) is 11.5. The van der Waals surface area contributed by atoms with Crippen molar-refractivity contribution in [2.75, 3.05) is 18.0 Å². The van der Waals surface area contributed by atoms with Crippen LogP contribution in [-0.2, 0) is 0 Å². The van der Waals surface area contributed by atoms with E-state index in [1.807, 2.05) is 4.90 Å². The van der Waals surface area contributed by atoms with Crippen molar-refractivity contribution in [1.82, 2.24) is 9.38 Å². The Hall–Kier alpha value is -2.44. The summed E-state index contributed by atoms with van der Waals surface area (Å²) in [6.45, 7) is 5.75. The standard InChI is InChI=1S/C16H20N4O3/c1-16(2)7-5-9-18(11-8-16)14-13(20(22)23)15(21)19-10-4-3-6-12(19)17-14/h3-4,6,10H,5,7-9,11H2,1-2H3. The lowest BCUT2D eigenvalue weighted by Crippen LogP contribution is -2.30. The third-order valence-electron chi connectivity index (χ3n) is 4.51. The van der Waals surface area contributed by atoms with E-state index >= 15 is 0 Å². The largest absolute Gasteiger partial charge is 0.376 e. The number of pyridine rings is 1. The summed E-state index contributed by atoms with van der Waals surface area (Å²) in [7, 11) is 0. The van der Waals surface area contributed by atoms with Gasteiger partial charge in [0, 0.05) is 19.3 Å². The average Bonchev–Trinajstić information content (AvgIpc) is 2.67. The van der Waals surface area contributed by atoms with Crippen molar-refractivity contribution in [1.29, 1.82) is 0 Å². The van der Waals surface area contributed by atoms with Crippen LogP contribution in [0.4, 0.5) is 11.5 Å². The van der Waals surface area contributed by atoms with Gasteiger partial charge in [-0.1, -0.05) is 19.9 Å². The number of nitro groups is 1. The normalized spacial score (nSPS) is 17.9. The number of aromatic nitrogens is 2. The molecule has 0 saturated carbocycles. The van der Waals surface area contributed by atoms with Gasteiger partial charge in [-0.25, -0.2) is 4.98 Å². The third-order valence-corrected chi connectivity index (χ3v) is 4.51. The first-order valence-corrected chi connectivity index (χ1v) is 7.80. The molecule has 0 bridgehead atoms. The molecule has 0 aliphatic carbocycles. The summed E-state index contributed by atoms with van der Waals surface area (Å²) in [6, 6.07) is 5.12. The number of nitrogens with zero attached hydrogens (tertiary/aromatic N) is 4. The van der Waals surface area contributed by atoms with Gasteiger partial charge in [0.25, 0.3) is 0 Å². The van der Waals surface area contributed by atoms with Crippen molar-refractivity contribution in [3.63, 3.8) is 0 Å². The molecule has 0 radical (unpaired) electrons. The van der Waals surface area contributed by atoms with Gasteiger partial charge in [0.2, 0.25) is 5.82 Å². The van der Waals surface area contributed by atoms with Crippen LogP contribution in [0.2, 0.25) is 0 Å². The van der Waals surface area contributed by atoms with E-state index in [1.54, 1.807) is 18.2 Å². The molecule has 3 rings (SSSR count). The Morgan fingerprint density at radius 2 is 2.04 bits per heavy atom. The highest BCUT2D eigenvalue weighted by atomic mass is 16.6. The fourth-order valence-electron chi connectivity index (χ4n) is 3.08. The van der Waals surface area contributed by atoms with Crippen LogP contribution in [-0.4, -0.2) is 27.4 Å². The molecule has 3 heterocycles. The Balaban J connectivity index is 2.14. The Morgan fingerprint density at radius 3 is 2.78 bits per heavy atom. The van der Waals surface area contributed by atoms with Crippen LogP contribution in [0.3, 0.4) is 0 Å². The number of hydrogen-bond donors (Lipinski definition) is 0. The highest BCUT2D eigenvalue weighted by molar-refractivity contribution is 5.61. The predicted molar refractivity (Wildman–Crippen MR) is 88.0 cm³/mol. The molecule has 0 unspecified atom stereocenters. The highest BCUT2D eigenvalue weighted by Crippen LogP contribution is 2.33. The van der Waals surface area contributed by atoms with Crippen LogP contribution in [0.5, 0.6) is 0 Å².